The molecule has 0 radical (unpaired) electrons. The molecule has 3 aromatic heterocycles. The number of fused-ring (bicyclic) bond motifs is 2. The Morgan fingerprint density at radius 2 is 1.90 bits per heavy atom. The van der Waals surface area contributed by atoms with Crippen LogP contribution in [0.2, 0.25) is 0 Å². The topological polar surface area (TPSA) is 30.2 Å². The van der Waals surface area contributed by atoms with Crippen molar-refractivity contribution in [2.45, 2.75) is 0 Å². The molecule has 0 fully saturated rings. The van der Waals surface area contributed by atoms with Crippen LogP contribution >= 0.6 is 15.9 Å². The van der Waals surface area contributed by atoms with Gasteiger partial charge in [0.2, 0.25) is 0 Å². The monoisotopic (exact) mass is 323 g/mol. The van der Waals surface area contributed by atoms with Crippen molar-refractivity contribution in [2.75, 3.05) is 0 Å². The van der Waals surface area contributed by atoms with Crippen LogP contribution in [-0.4, -0.2) is 14.6 Å². The van der Waals surface area contributed by atoms with Gasteiger partial charge in [-0.25, -0.2) is 4.52 Å². The van der Waals surface area contributed by atoms with Gasteiger partial charge in [0.15, 0.2) is 0 Å². The molecule has 4 heteroatoms. The molecule has 3 nitrogen and oxygen atoms in total. The van der Waals surface area contributed by atoms with Crippen molar-refractivity contribution < 1.29 is 0 Å². The molecule has 4 aromatic rings. The predicted molar refractivity (Wildman–Crippen MR) is 83.6 cm³/mol. The van der Waals surface area contributed by atoms with Crippen molar-refractivity contribution in [2.24, 2.45) is 0 Å². The number of benzene rings is 1. The van der Waals surface area contributed by atoms with Crippen LogP contribution in [0.1, 0.15) is 0 Å². The van der Waals surface area contributed by atoms with E-state index >= 15 is 0 Å². The highest BCUT2D eigenvalue weighted by Crippen LogP contribution is 2.28. The summed E-state index contributed by atoms with van der Waals surface area (Å²) in [6, 6.07) is 12.5. The van der Waals surface area contributed by atoms with E-state index in [2.05, 4.69) is 50.3 Å². The van der Waals surface area contributed by atoms with Gasteiger partial charge in [-0.3, -0.25) is 4.98 Å². The van der Waals surface area contributed by atoms with Gasteiger partial charge in [-0.1, -0.05) is 12.1 Å². The van der Waals surface area contributed by atoms with Crippen LogP contribution in [0, 0.1) is 0 Å². The second-order valence-electron chi connectivity index (χ2n) is 4.67. The van der Waals surface area contributed by atoms with E-state index in [1.165, 1.54) is 10.9 Å². The summed E-state index contributed by atoms with van der Waals surface area (Å²) in [5.74, 6) is 0. The van der Waals surface area contributed by atoms with Gasteiger partial charge in [-0.15, -0.1) is 0 Å². The minimum atomic E-state index is 1.02. The Labute approximate surface area is 124 Å². The molecule has 0 unspecified atom stereocenters. The Kier molecular flexibility index (Phi) is 2.57. The zero-order valence-corrected chi connectivity index (χ0v) is 12.1. The highest BCUT2D eigenvalue weighted by Gasteiger charge is 2.07. The van der Waals surface area contributed by atoms with Gasteiger partial charge in [0, 0.05) is 34.0 Å². The van der Waals surface area contributed by atoms with E-state index < -0.39 is 0 Å². The number of aromatic nitrogens is 3. The van der Waals surface area contributed by atoms with Gasteiger partial charge in [0.1, 0.15) is 0 Å². The minimum Gasteiger partial charge on any atom is -0.264 e. The Bertz CT molecular complexity index is 927. The summed E-state index contributed by atoms with van der Waals surface area (Å²) in [7, 11) is 0. The van der Waals surface area contributed by atoms with Crippen LogP contribution in [0.25, 0.3) is 27.4 Å². The lowest BCUT2D eigenvalue weighted by Crippen LogP contribution is -1.85. The molecule has 0 aliphatic rings. The van der Waals surface area contributed by atoms with Gasteiger partial charge >= 0.3 is 0 Å². The zero-order chi connectivity index (χ0) is 13.5. The van der Waals surface area contributed by atoms with E-state index in [-0.39, 0.29) is 0 Å². The maximum Gasteiger partial charge on any atom is 0.0740 e. The van der Waals surface area contributed by atoms with Crippen molar-refractivity contribution in [3.8, 4) is 11.1 Å². The number of hydrogen-bond donors (Lipinski definition) is 0. The lowest BCUT2D eigenvalue weighted by molar-refractivity contribution is 0.956. The van der Waals surface area contributed by atoms with Gasteiger partial charge in [0.05, 0.1) is 11.7 Å². The molecule has 0 aliphatic carbocycles. The van der Waals surface area contributed by atoms with Crippen LogP contribution in [-0.2, 0) is 0 Å². The molecule has 0 atom stereocenters. The molecule has 20 heavy (non-hydrogen) atoms. The fraction of sp³-hybridized carbons (Fsp3) is 0. The molecule has 3 heterocycles. The summed E-state index contributed by atoms with van der Waals surface area (Å²) in [5.41, 5.74) is 3.40. The first-order valence-electron chi connectivity index (χ1n) is 6.28. The molecule has 96 valence electrons. The zero-order valence-electron chi connectivity index (χ0n) is 10.5. The molecule has 0 saturated heterocycles. The van der Waals surface area contributed by atoms with Crippen molar-refractivity contribution >= 4 is 32.2 Å². The van der Waals surface area contributed by atoms with E-state index in [9.17, 15) is 0 Å². The normalized spacial score (nSPS) is 11.2. The second kappa shape index (κ2) is 4.42. The lowest BCUT2D eigenvalue weighted by Gasteiger charge is -2.02. The first kappa shape index (κ1) is 11.6. The Balaban J connectivity index is 1.96. The number of pyridine rings is 2. The highest BCUT2D eigenvalue weighted by molar-refractivity contribution is 9.10. The fourth-order valence-corrected chi connectivity index (χ4v) is 2.76. The molecule has 0 saturated carbocycles. The van der Waals surface area contributed by atoms with E-state index in [4.69, 9.17) is 0 Å². The average molecular weight is 324 g/mol. The van der Waals surface area contributed by atoms with E-state index in [0.717, 1.165) is 20.9 Å². The summed E-state index contributed by atoms with van der Waals surface area (Å²) in [4.78, 5) is 4.14. The molecule has 0 spiro atoms. The SMILES string of the molecule is Brc1ccc2c(-c3ccc4cnccc4c3)cnn2c1. The average Bonchev–Trinajstić information content (AvgIpc) is 2.89. The Morgan fingerprint density at radius 1 is 0.950 bits per heavy atom. The first-order valence-corrected chi connectivity index (χ1v) is 7.08. The number of nitrogens with zero attached hydrogens (tertiary/aromatic N) is 3. The van der Waals surface area contributed by atoms with Crippen LogP contribution in [0.3, 0.4) is 0 Å². The quantitative estimate of drug-likeness (QED) is 0.522. The lowest BCUT2D eigenvalue weighted by atomic mass is 10.0. The van der Waals surface area contributed by atoms with Crippen molar-refractivity contribution in [3.63, 3.8) is 0 Å². The van der Waals surface area contributed by atoms with Crippen LogP contribution < -0.4 is 0 Å². The Morgan fingerprint density at radius 3 is 2.85 bits per heavy atom. The van der Waals surface area contributed by atoms with Crippen molar-refractivity contribution in [3.05, 3.63) is 65.7 Å². The summed E-state index contributed by atoms with van der Waals surface area (Å²) >= 11 is 3.46. The van der Waals surface area contributed by atoms with Gasteiger partial charge in [0.25, 0.3) is 0 Å². The van der Waals surface area contributed by atoms with Crippen LogP contribution in [0.5, 0.6) is 0 Å². The number of halogens is 1. The molecular formula is C16H10BrN3. The molecule has 1 aromatic carbocycles. The smallest absolute Gasteiger partial charge is 0.0740 e. The third kappa shape index (κ3) is 1.80. The fourth-order valence-electron chi connectivity index (χ4n) is 2.43. The standard InChI is InChI=1S/C16H10BrN3/c17-14-3-4-16-15(9-19-20(16)10-14)12-1-2-13-8-18-6-5-11(13)7-12/h1-10H. The predicted octanol–water partition coefficient (Wildman–Crippen LogP) is 4.31. The third-order valence-corrected chi connectivity index (χ3v) is 3.90. The second-order valence-corrected chi connectivity index (χ2v) is 5.59. The molecule has 0 N–H and O–H groups in total. The summed E-state index contributed by atoms with van der Waals surface area (Å²) in [5, 5.41) is 6.75. The molecule has 4 rings (SSSR count). The van der Waals surface area contributed by atoms with Gasteiger partial charge in [-0.05, 0) is 51.1 Å². The number of rotatable bonds is 1. The highest BCUT2D eigenvalue weighted by atomic mass is 79.9. The summed E-state index contributed by atoms with van der Waals surface area (Å²) in [6.45, 7) is 0. The molecule has 0 bridgehead atoms. The minimum absolute atomic E-state index is 1.02. The van der Waals surface area contributed by atoms with E-state index in [0.29, 0.717) is 0 Å². The van der Waals surface area contributed by atoms with Crippen molar-refractivity contribution in [1.82, 2.24) is 14.6 Å². The molecule has 0 aliphatic heterocycles. The largest absolute Gasteiger partial charge is 0.264 e. The third-order valence-electron chi connectivity index (χ3n) is 3.43. The summed E-state index contributed by atoms with van der Waals surface area (Å²) < 4.78 is 2.90. The Hall–Kier alpha value is -2.20. The summed E-state index contributed by atoms with van der Waals surface area (Å²) in [6.07, 6.45) is 7.57. The van der Waals surface area contributed by atoms with Crippen LogP contribution in [0.4, 0.5) is 0 Å². The molecular weight excluding hydrogens is 314 g/mol. The molecule has 0 amide bonds. The maximum atomic E-state index is 4.41. The van der Waals surface area contributed by atoms with Gasteiger partial charge < -0.3 is 0 Å². The number of hydrogen-bond acceptors (Lipinski definition) is 2. The first-order chi connectivity index (χ1) is 9.81. The van der Waals surface area contributed by atoms with Crippen molar-refractivity contribution in [1.29, 1.82) is 0 Å². The van der Waals surface area contributed by atoms with Gasteiger partial charge in [-0.2, -0.15) is 5.10 Å². The maximum absolute atomic E-state index is 4.41. The van der Waals surface area contributed by atoms with E-state index in [1.54, 1.807) is 0 Å². The van der Waals surface area contributed by atoms with E-state index in [1.807, 2.05) is 41.4 Å². The van der Waals surface area contributed by atoms with Crippen LogP contribution in [0.15, 0.2) is 65.7 Å².